The lowest BCUT2D eigenvalue weighted by Crippen LogP contribution is -2.19. The van der Waals surface area contributed by atoms with Crippen LogP contribution in [0.25, 0.3) is 0 Å². The van der Waals surface area contributed by atoms with Gasteiger partial charge in [0.2, 0.25) is 0 Å². The number of anilines is 1. The van der Waals surface area contributed by atoms with E-state index in [4.69, 9.17) is 4.52 Å². The zero-order chi connectivity index (χ0) is 13.1. The highest BCUT2D eigenvalue weighted by Gasteiger charge is 2.13. The van der Waals surface area contributed by atoms with E-state index in [0.717, 1.165) is 0 Å². The molecule has 1 rings (SSSR count). The Hall–Kier alpha value is -1.11. The topological polar surface area (TPSA) is 85.1 Å². The average molecular weight is 261 g/mol. The maximum absolute atomic E-state index is 11.0. The maximum Gasteiger partial charge on any atom is 0.321 e. The van der Waals surface area contributed by atoms with Gasteiger partial charge in [-0.05, 0) is 13.3 Å². The van der Waals surface area contributed by atoms with Gasteiger partial charge in [0.05, 0.1) is 5.75 Å². The van der Waals surface area contributed by atoms with Gasteiger partial charge in [-0.25, -0.2) is 8.42 Å². The molecule has 0 saturated heterocycles. The van der Waals surface area contributed by atoms with E-state index < -0.39 is 9.84 Å². The van der Waals surface area contributed by atoms with E-state index >= 15 is 0 Å². The second kappa shape index (κ2) is 5.48. The van der Waals surface area contributed by atoms with Crippen LogP contribution in [0.4, 0.5) is 6.01 Å². The zero-order valence-corrected chi connectivity index (χ0v) is 11.4. The van der Waals surface area contributed by atoms with Gasteiger partial charge in [-0.2, -0.15) is 4.98 Å². The van der Waals surface area contributed by atoms with Crippen LogP contribution in [0.5, 0.6) is 0 Å². The first kappa shape index (κ1) is 14.0. The minimum Gasteiger partial charge on any atom is -0.335 e. The van der Waals surface area contributed by atoms with Gasteiger partial charge in [0.15, 0.2) is 5.82 Å². The first-order valence-electron chi connectivity index (χ1n) is 5.56. The van der Waals surface area contributed by atoms with Crippen LogP contribution in [0.3, 0.4) is 0 Å². The molecule has 0 aromatic carbocycles. The molecule has 6 nitrogen and oxygen atoms in total. The highest BCUT2D eigenvalue weighted by atomic mass is 32.2. The maximum atomic E-state index is 11.0. The second-order valence-corrected chi connectivity index (χ2v) is 6.84. The summed E-state index contributed by atoms with van der Waals surface area (Å²) < 4.78 is 27.0. The summed E-state index contributed by atoms with van der Waals surface area (Å²) in [5.74, 6) is 0.996. The molecule has 0 saturated carbocycles. The van der Waals surface area contributed by atoms with Gasteiger partial charge in [0.1, 0.15) is 9.84 Å². The molecule has 7 heteroatoms. The largest absolute Gasteiger partial charge is 0.335 e. The summed E-state index contributed by atoms with van der Waals surface area (Å²) in [5.41, 5.74) is 0. The molecule has 17 heavy (non-hydrogen) atoms. The first-order chi connectivity index (χ1) is 7.78. The minimum atomic E-state index is -2.93. The molecule has 0 radical (unpaired) electrons. The predicted molar refractivity (Wildman–Crippen MR) is 65.8 cm³/mol. The lowest BCUT2D eigenvalue weighted by molar-refractivity contribution is 0.415. The molecule has 1 atom stereocenters. The number of nitrogens with one attached hydrogen (secondary N) is 1. The van der Waals surface area contributed by atoms with E-state index in [0.29, 0.717) is 18.3 Å². The molecule has 0 amide bonds. The van der Waals surface area contributed by atoms with E-state index in [2.05, 4.69) is 15.5 Å². The highest BCUT2D eigenvalue weighted by molar-refractivity contribution is 7.90. The second-order valence-electron chi connectivity index (χ2n) is 4.58. The molecule has 98 valence electrons. The Bertz CT molecular complexity index is 453. The standard InChI is InChI=1S/C10H19N3O3S/c1-7(2)9-12-10(16-13-9)11-8(3)5-6-17(4,14)15/h7-8H,5-6H2,1-4H3,(H,11,12,13). The fourth-order valence-electron chi connectivity index (χ4n) is 1.20. The summed E-state index contributed by atoms with van der Waals surface area (Å²) in [6.45, 7) is 5.83. The summed E-state index contributed by atoms with van der Waals surface area (Å²) in [6, 6.07) is 0.319. The van der Waals surface area contributed by atoms with Crippen LogP contribution in [0.15, 0.2) is 4.52 Å². The van der Waals surface area contributed by atoms with E-state index in [1.807, 2.05) is 20.8 Å². The van der Waals surface area contributed by atoms with Crippen LogP contribution in [0, 0.1) is 0 Å². The van der Waals surface area contributed by atoms with Gasteiger partial charge < -0.3 is 9.84 Å². The van der Waals surface area contributed by atoms with Crippen LogP contribution in [-0.2, 0) is 9.84 Å². The number of aromatic nitrogens is 2. The molecule has 0 aliphatic heterocycles. The fourth-order valence-corrected chi connectivity index (χ4v) is 1.98. The first-order valence-corrected chi connectivity index (χ1v) is 7.62. The summed E-state index contributed by atoms with van der Waals surface area (Å²) in [7, 11) is -2.93. The lowest BCUT2D eigenvalue weighted by Gasteiger charge is -2.10. The SMILES string of the molecule is CC(CCS(C)(=O)=O)Nc1nc(C(C)C)no1. The Morgan fingerprint density at radius 1 is 1.35 bits per heavy atom. The van der Waals surface area contributed by atoms with Gasteiger partial charge >= 0.3 is 6.01 Å². The van der Waals surface area contributed by atoms with Gasteiger partial charge in [0.25, 0.3) is 0 Å². The van der Waals surface area contributed by atoms with E-state index in [1.54, 1.807) is 0 Å². The Balaban J connectivity index is 2.47. The number of rotatable bonds is 6. The molecule has 1 aromatic heterocycles. The van der Waals surface area contributed by atoms with Crippen molar-refractivity contribution >= 4 is 15.9 Å². The molecule has 1 aromatic rings. The molecule has 0 aliphatic carbocycles. The van der Waals surface area contributed by atoms with Crippen molar-refractivity contribution in [3.63, 3.8) is 0 Å². The van der Waals surface area contributed by atoms with E-state index in [9.17, 15) is 8.42 Å². The molecule has 1 N–H and O–H groups in total. The van der Waals surface area contributed by atoms with Crippen molar-refractivity contribution in [2.45, 2.75) is 39.2 Å². The quantitative estimate of drug-likeness (QED) is 0.833. The van der Waals surface area contributed by atoms with Crippen molar-refractivity contribution in [1.82, 2.24) is 10.1 Å². The Kier molecular flexibility index (Phi) is 4.50. The fraction of sp³-hybridized carbons (Fsp3) is 0.800. The monoisotopic (exact) mass is 261 g/mol. The molecule has 1 unspecified atom stereocenters. The number of hydrogen-bond donors (Lipinski definition) is 1. The number of sulfone groups is 1. The molecule has 0 spiro atoms. The number of nitrogens with zero attached hydrogens (tertiary/aromatic N) is 2. The van der Waals surface area contributed by atoms with Crippen molar-refractivity contribution in [2.75, 3.05) is 17.3 Å². The van der Waals surface area contributed by atoms with Crippen LogP contribution < -0.4 is 5.32 Å². The van der Waals surface area contributed by atoms with Crippen LogP contribution in [0.1, 0.15) is 38.9 Å². The van der Waals surface area contributed by atoms with E-state index in [1.165, 1.54) is 6.26 Å². The van der Waals surface area contributed by atoms with Gasteiger partial charge in [-0.15, -0.1) is 0 Å². The zero-order valence-electron chi connectivity index (χ0n) is 10.6. The third-order valence-electron chi connectivity index (χ3n) is 2.25. The lowest BCUT2D eigenvalue weighted by atomic mass is 10.2. The van der Waals surface area contributed by atoms with Crippen LogP contribution in [0.2, 0.25) is 0 Å². The average Bonchev–Trinajstić information content (AvgIpc) is 2.62. The van der Waals surface area contributed by atoms with Crippen LogP contribution in [-0.4, -0.2) is 36.6 Å². The predicted octanol–water partition coefficient (Wildman–Crippen LogP) is 1.43. The third-order valence-corrected chi connectivity index (χ3v) is 3.23. The molecule has 0 aliphatic rings. The van der Waals surface area contributed by atoms with Crippen LogP contribution >= 0.6 is 0 Å². The van der Waals surface area contributed by atoms with Crippen molar-refractivity contribution < 1.29 is 12.9 Å². The van der Waals surface area contributed by atoms with Crippen molar-refractivity contribution in [3.8, 4) is 0 Å². The molecular weight excluding hydrogens is 242 g/mol. The third kappa shape index (κ3) is 5.16. The summed E-state index contributed by atoms with van der Waals surface area (Å²) in [5, 5.41) is 6.80. The number of hydrogen-bond acceptors (Lipinski definition) is 6. The smallest absolute Gasteiger partial charge is 0.321 e. The van der Waals surface area contributed by atoms with Gasteiger partial charge in [-0.1, -0.05) is 19.0 Å². The van der Waals surface area contributed by atoms with Crippen molar-refractivity contribution in [1.29, 1.82) is 0 Å². The molecule has 0 bridgehead atoms. The van der Waals surface area contributed by atoms with Gasteiger partial charge in [0, 0.05) is 18.2 Å². The van der Waals surface area contributed by atoms with Crippen molar-refractivity contribution in [3.05, 3.63) is 5.82 Å². The summed E-state index contributed by atoms with van der Waals surface area (Å²) in [4.78, 5) is 4.16. The van der Waals surface area contributed by atoms with E-state index in [-0.39, 0.29) is 17.7 Å². The summed E-state index contributed by atoms with van der Waals surface area (Å²) >= 11 is 0. The highest BCUT2D eigenvalue weighted by Crippen LogP contribution is 2.13. The van der Waals surface area contributed by atoms with Crippen molar-refractivity contribution in [2.24, 2.45) is 0 Å². The molecule has 0 fully saturated rings. The molecular formula is C10H19N3O3S. The Morgan fingerprint density at radius 3 is 2.47 bits per heavy atom. The van der Waals surface area contributed by atoms with Gasteiger partial charge in [-0.3, -0.25) is 0 Å². The minimum absolute atomic E-state index is 0.0230. The normalized spacial score (nSPS) is 13.9. The Morgan fingerprint density at radius 2 is 2.00 bits per heavy atom. The summed E-state index contributed by atoms with van der Waals surface area (Å²) in [6.07, 6.45) is 1.74. The Labute approximate surface area is 102 Å². The molecule has 1 heterocycles.